The molecule has 1 saturated heterocycles. The van der Waals surface area contributed by atoms with Gasteiger partial charge >= 0.3 is 0 Å². The van der Waals surface area contributed by atoms with Crippen molar-refractivity contribution in [1.82, 2.24) is 4.90 Å². The predicted molar refractivity (Wildman–Crippen MR) is 99.9 cm³/mol. The van der Waals surface area contributed by atoms with Crippen LogP contribution in [0.5, 0.6) is 0 Å². The molecule has 3 rings (SSSR count). The number of hydrogen-bond donors (Lipinski definition) is 0. The molecule has 128 valence electrons. The number of non-ortho nitro benzene ring substituents is 1. The number of halogens is 1. The van der Waals surface area contributed by atoms with Crippen LogP contribution in [0.15, 0.2) is 47.5 Å². The molecule has 0 saturated carbocycles. The van der Waals surface area contributed by atoms with Gasteiger partial charge in [0.15, 0.2) is 5.17 Å². The highest BCUT2D eigenvalue weighted by molar-refractivity contribution is 8.14. The number of nitro benzene ring substituents is 1. The lowest BCUT2D eigenvalue weighted by Crippen LogP contribution is -2.31. The summed E-state index contributed by atoms with van der Waals surface area (Å²) in [5.41, 5.74) is 1.90. The first kappa shape index (κ1) is 17.4. The molecule has 8 heteroatoms. The van der Waals surface area contributed by atoms with E-state index in [0.29, 0.717) is 11.7 Å². The van der Waals surface area contributed by atoms with Crippen LogP contribution in [0.4, 0.5) is 11.4 Å². The topological polar surface area (TPSA) is 75.8 Å². The number of carbonyl (C=O) groups excluding carboxylic acids is 1. The third-order valence-corrected chi connectivity index (χ3v) is 5.02. The molecule has 25 heavy (non-hydrogen) atoms. The molecule has 2 aromatic rings. The highest BCUT2D eigenvalue weighted by atomic mass is 35.5. The Labute approximate surface area is 153 Å². The summed E-state index contributed by atoms with van der Waals surface area (Å²) < 4.78 is 0. The lowest BCUT2D eigenvalue weighted by atomic mass is 10.2. The smallest absolute Gasteiger partial charge is 0.270 e. The summed E-state index contributed by atoms with van der Waals surface area (Å²) in [6, 6.07) is 11.5. The van der Waals surface area contributed by atoms with Crippen molar-refractivity contribution in [3.8, 4) is 0 Å². The number of nitro groups is 1. The Balaban J connectivity index is 1.91. The molecular formula is C17H14ClN3O3S. The van der Waals surface area contributed by atoms with Gasteiger partial charge in [-0.05, 0) is 24.6 Å². The zero-order valence-electron chi connectivity index (χ0n) is 13.3. The van der Waals surface area contributed by atoms with E-state index in [-0.39, 0.29) is 22.2 Å². The number of hydrogen-bond acceptors (Lipinski definition) is 5. The standard InChI is InChI=1S/C17H14ClN3O3S/c1-11-4-2-3-5-15(11)19-17-20(8-9-25-17)16(22)13-7-6-12(21(23)24)10-14(13)18/h2-7,10H,8-9H2,1H3. The van der Waals surface area contributed by atoms with E-state index in [1.807, 2.05) is 31.2 Å². The SMILES string of the molecule is Cc1ccccc1N=C1SCCN1C(=O)c1ccc([N+](=O)[O-])cc1Cl. The van der Waals surface area contributed by atoms with Crippen molar-refractivity contribution < 1.29 is 9.72 Å². The molecule has 2 aromatic carbocycles. The van der Waals surface area contributed by atoms with E-state index in [9.17, 15) is 14.9 Å². The number of carbonyl (C=O) groups is 1. The van der Waals surface area contributed by atoms with Gasteiger partial charge in [-0.2, -0.15) is 0 Å². The normalized spacial score (nSPS) is 15.6. The van der Waals surface area contributed by atoms with Crippen LogP contribution in [0, 0.1) is 17.0 Å². The number of rotatable bonds is 3. The van der Waals surface area contributed by atoms with Gasteiger partial charge in [-0.3, -0.25) is 19.8 Å². The molecule has 6 nitrogen and oxygen atoms in total. The molecule has 0 atom stereocenters. The average Bonchev–Trinajstić information content (AvgIpc) is 3.04. The van der Waals surface area contributed by atoms with Gasteiger partial charge < -0.3 is 0 Å². The van der Waals surface area contributed by atoms with E-state index < -0.39 is 4.92 Å². The van der Waals surface area contributed by atoms with Crippen molar-refractivity contribution in [3.05, 3.63) is 68.7 Å². The molecule has 0 aliphatic carbocycles. The number of nitrogens with zero attached hydrogens (tertiary/aromatic N) is 3. The molecule has 1 amide bonds. The number of benzene rings is 2. The Morgan fingerprint density at radius 3 is 2.76 bits per heavy atom. The van der Waals surface area contributed by atoms with Crippen molar-refractivity contribution in [2.24, 2.45) is 4.99 Å². The summed E-state index contributed by atoms with van der Waals surface area (Å²) in [4.78, 5) is 29.2. The molecule has 1 aliphatic heterocycles. The van der Waals surface area contributed by atoms with Crippen LogP contribution in [-0.4, -0.2) is 33.2 Å². The summed E-state index contributed by atoms with van der Waals surface area (Å²) in [6.07, 6.45) is 0. The van der Waals surface area contributed by atoms with Crippen molar-refractivity contribution in [3.63, 3.8) is 0 Å². The van der Waals surface area contributed by atoms with Crippen molar-refractivity contribution in [2.45, 2.75) is 6.92 Å². The van der Waals surface area contributed by atoms with Crippen LogP contribution in [0.2, 0.25) is 5.02 Å². The minimum atomic E-state index is -0.545. The fraction of sp³-hybridized carbons (Fsp3) is 0.176. The van der Waals surface area contributed by atoms with Gasteiger partial charge in [-0.25, -0.2) is 4.99 Å². The third-order valence-electron chi connectivity index (χ3n) is 3.75. The molecule has 1 heterocycles. The summed E-state index contributed by atoms with van der Waals surface area (Å²) in [5, 5.41) is 11.5. The Bertz CT molecular complexity index is 885. The molecule has 0 radical (unpaired) electrons. The fourth-order valence-electron chi connectivity index (χ4n) is 2.41. The van der Waals surface area contributed by atoms with Gasteiger partial charge in [-0.1, -0.05) is 41.6 Å². The number of para-hydroxylation sites is 1. The number of amides is 1. The van der Waals surface area contributed by atoms with Crippen LogP contribution < -0.4 is 0 Å². The first-order valence-corrected chi connectivity index (χ1v) is 8.86. The van der Waals surface area contributed by atoms with Crippen LogP contribution in [0.25, 0.3) is 0 Å². The number of thioether (sulfide) groups is 1. The zero-order valence-corrected chi connectivity index (χ0v) is 14.9. The van der Waals surface area contributed by atoms with Crippen LogP contribution in [0.1, 0.15) is 15.9 Å². The first-order valence-electron chi connectivity index (χ1n) is 7.50. The summed E-state index contributed by atoms with van der Waals surface area (Å²) in [5.74, 6) is 0.429. The first-order chi connectivity index (χ1) is 12.0. The molecule has 1 fully saturated rings. The molecule has 0 bridgehead atoms. The third kappa shape index (κ3) is 3.67. The maximum absolute atomic E-state index is 12.8. The number of aliphatic imine (C=N–C) groups is 1. The molecule has 0 aromatic heterocycles. The van der Waals surface area contributed by atoms with E-state index in [0.717, 1.165) is 17.0 Å². The highest BCUT2D eigenvalue weighted by Crippen LogP contribution is 2.29. The van der Waals surface area contributed by atoms with Gasteiger partial charge in [0, 0.05) is 24.4 Å². The van der Waals surface area contributed by atoms with E-state index in [4.69, 9.17) is 11.6 Å². The van der Waals surface area contributed by atoms with Crippen molar-refractivity contribution >= 4 is 45.8 Å². The lowest BCUT2D eigenvalue weighted by Gasteiger charge is -2.17. The maximum atomic E-state index is 12.8. The Hall–Kier alpha value is -2.38. The summed E-state index contributed by atoms with van der Waals surface area (Å²) >= 11 is 7.58. The summed E-state index contributed by atoms with van der Waals surface area (Å²) in [7, 11) is 0. The molecule has 0 spiro atoms. The van der Waals surface area contributed by atoms with E-state index in [1.54, 1.807) is 4.90 Å². The minimum Gasteiger partial charge on any atom is -0.286 e. The van der Waals surface area contributed by atoms with Gasteiger partial charge in [0.1, 0.15) is 0 Å². The van der Waals surface area contributed by atoms with Gasteiger partial charge in [0.2, 0.25) is 0 Å². The molecule has 1 aliphatic rings. The number of amidine groups is 1. The van der Waals surface area contributed by atoms with E-state index in [2.05, 4.69) is 4.99 Å². The summed E-state index contributed by atoms with van der Waals surface area (Å²) in [6.45, 7) is 2.47. The molecule has 0 N–H and O–H groups in total. The van der Waals surface area contributed by atoms with E-state index >= 15 is 0 Å². The largest absolute Gasteiger partial charge is 0.286 e. The molecule has 0 unspecified atom stereocenters. The second kappa shape index (κ2) is 7.25. The van der Waals surface area contributed by atoms with E-state index in [1.165, 1.54) is 30.0 Å². The van der Waals surface area contributed by atoms with Crippen LogP contribution >= 0.6 is 23.4 Å². The van der Waals surface area contributed by atoms with Crippen LogP contribution in [-0.2, 0) is 0 Å². The van der Waals surface area contributed by atoms with Gasteiger partial charge in [-0.15, -0.1) is 0 Å². The zero-order chi connectivity index (χ0) is 18.0. The predicted octanol–water partition coefficient (Wildman–Crippen LogP) is 4.43. The van der Waals surface area contributed by atoms with Crippen molar-refractivity contribution in [2.75, 3.05) is 12.3 Å². The Morgan fingerprint density at radius 2 is 2.08 bits per heavy atom. The average molecular weight is 376 g/mol. The Kier molecular flexibility index (Phi) is 5.06. The van der Waals surface area contributed by atoms with Gasteiger partial charge in [0.25, 0.3) is 11.6 Å². The lowest BCUT2D eigenvalue weighted by molar-refractivity contribution is -0.384. The molecular weight excluding hydrogens is 362 g/mol. The fourth-order valence-corrected chi connectivity index (χ4v) is 3.62. The minimum absolute atomic E-state index is 0.0614. The van der Waals surface area contributed by atoms with Crippen LogP contribution in [0.3, 0.4) is 0 Å². The second-order valence-corrected chi connectivity index (χ2v) is 6.88. The van der Waals surface area contributed by atoms with Gasteiger partial charge in [0.05, 0.1) is 21.2 Å². The van der Waals surface area contributed by atoms with Crippen molar-refractivity contribution in [1.29, 1.82) is 0 Å². The second-order valence-electron chi connectivity index (χ2n) is 5.41. The monoisotopic (exact) mass is 375 g/mol. The quantitative estimate of drug-likeness (QED) is 0.587. The Morgan fingerprint density at radius 1 is 1.32 bits per heavy atom. The highest BCUT2D eigenvalue weighted by Gasteiger charge is 2.28. The number of aryl methyl sites for hydroxylation is 1. The maximum Gasteiger partial charge on any atom is 0.270 e.